The molecule has 0 fully saturated rings. The highest BCUT2D eigenvalue weighted by molar-refractivity contribution is 6.35. The Labute approximate surface area is 99.5 Å². The molecule has 0 saturated heterocycles. The normalized spacial score (nSPS) is 24.5. The maximum absolute atomic E-state index is 6.17. The Bertz CT molecular complexity index is 381. The Kier molecular flexibility index (Phi) is 3.10. The summed E-state index contributed by atoms with van der Waals surface area (Å²) in [6.45, 7) is 2.79. The number of rotatable bonds is 1. The van der Waals surface area contributed by atoms with Gasteiger partial charge in [-0.05, 0) is 19.2 Å². The van der Waals surface area contributed by atoms with Gasteiger partial charge in [0.15, 0.2) is 0 Å². The minimum Gasteiger partial charge on any atom is -0.491 e. The van der Waals surface area contributed by atoms with Crippen molar-refractivity contribution in [3.8, 4) is 5.75 Å². The molecule has 0 aliphatic carbocycles. The molecule has 0 saturated carbocycles. The Morgan fingerprint density at radius 2 is 2.00 bits per heavy atom. The SMILES string of the molecule is CNC1c2c(Cl)ccc(Cl)c2OCC1C. The van der Waals surface area contributed by atoms with Crippen LogP contribution in [0.4, 0.5) is 0 Å². The highest BCUT2D eigenvalue weighted by Gasteiger charge is 2.30. The van der Waals surface area contributed by atoms with Crippen LogP contribution in [0.2, 0.25) is 10.0 Å². The zero-order chi connectivity index (χ0) is 11.0. The van der Waals surface area contributed by atoms with Crippen LogP contribution in [0.3, 0.4) is 0 Å². The molecule has 0 radical (unpaired) electrons. The second-order valence-corrected chi connectivity index (χ2v) is 4.64. The molecule has 2 atom stereocenters. The van der Waals surface area contributed by atoms with Gasteiger partial charge in [0.2, 0.25) is 0 Å². The van der Waals surface area contributed by atoms with E-state index in [4.69, 9.17) is 27.9 Å². The van der Waals surface area contributed by atoms with Crippen LogP contribution in [0, 0.1) is 5.92 Å². The van der Waals surface area contributed by atoms with E-state index in [1.807, 2.05) is 13.1 Å². The van der Waals surface area contributed by atoms with Gasteiger partial charge < -0.3 is 10.1 Å². The minimum atomic E-state index is 0.208. The Morgan fingerprint density at radius 3 is 2.67 bits per heavy atom. The first kappa shape index (κ1) is 11.1. The molecule has 0 aromatic heterocycles. The summed E-state index contributed by atoms with van der Waals surface area (Å²) in [4.78, 5) is 0. The second kappa shape index (κ2) is 4.20. The lowest BCUT2D eigenvalue weighted by Gasteiger charge is -2.32. The van der Waals surface area contributed by atoms with Crippen LogP contribution in [0.1, 0.15) is 18.5 Å². The van der Waals surface area contributed by atoms with E-state index in [1.165, 1.54) is 0 Å². The van der Waals surface area contributed by atoms with E-state index in [2.05, 4.69) is 12.2 Å². The van der Waals surface area contributed by atoms with Crippen molar-refractivity contribution in [3.63, 3.8) is 0 Å². The molecule has 1 aromatic carbocycles. The number of fused-ring (bicyclic) bond motifs is 1. The van der Waals surface area contributed by atoms with Crippen molar-refractivity contribution in [2.45, 2.75) is 13.0 Å². The number of nitrogens with one attached hydrogen (secondary N) is 1. The summed E-state index contributed by atoms with van der Waals surface area (Å²) in [7, 11) is 1.92. The quantitative estimate of drug-likeness (QED) is 0.820. The topological polar surface area (TPSA) is 21.3 Å². The molecular weight excluding hydrogens is 233 g/mol. The molecular formula is C11H13Cl2NO. The van der Waals surface area contributed by atoms with Gasteiger partial charge in [0.05, 0.1) is 11.6 Å². The van der Waals surface area contributed by atoms with Crippen LogP contribution in [-0.2, 0) is 0 Å². The smallest absolute Gasteiger partial charge is 0.144 e. The molecule has 1 heterocycles. The first-order valence-corrected chi connectivity index (χ1v) is 5.68. The van der Waals surface area contributed by atoms with E-state index < -0.39 is 0 Å². The van der Waals surface area contributed by atoms with Gasteiger partial charge in [0.1, 0.15) is 5.75 Å². The molecule has 2 unspecified atom stereocenters. The number of hydrogen-bond acceptors (Lipinski definition) is 2. The van der Waals surface area contributed by atoms with Gasteiger partial charge in [-0.1, -0.05) is 30.1 Å². The highest BCUT2D eigenvalue weighted by Crippen LogP contribution is 2.43. The molecule has 2 nitrogen and oxygen atoms in total. The molecule has 1 aromatic rings. The van der Waals surface area contributed by atoms with Gasteiger partial charge in [0.25, 0.3) is 0 Å². The standard InChI is InChI=1S/C11H13Cl2NO/c1-6-5-15-11-8(13)4-3-7(12)9(11)10(6)14-2/h3-4,6,10,14H,5H2,1-2H3. The van der Waals surface area contributed by atoms with E-state index >= 15 is 0 Å². The Morgan fingerprint density at radius 1 is 1.33 bits per heavy atom. The molecule has 15 heavy (non-hydrogen) atoms. The van der Waals surface area contributed by atoms with Gasteiger partial charge in [-0.2, -0.15) is 0 Å². The lowest BCUT2D eigenvalue weighted by atomic mass is 9.92. The number of halogens is 2. The maximum atomic E-state index is 6.17. The monoisotopic (exact) mass is 245 g/mol. The number of ether oxygens (including phenoxy) is 1. The van der Waals surface area contributed by atoms with Crippen LogP contribution in [-0.4, -0.2) is 13.7 Å². The summed E-state index contributed by atoms with van der Waals surface area (Å²) < 4.78 is 5.62. The summed E-state index contributed by atoms with van der Waals surface area (Å²) in [6.07, 6.45) is 0. The fraction of sp³-hybridized carbons (Fsp3) is 0.455. The molecule has 1 N–H and O–H groups in total. The van der Waals surface area contributed by atoms with Gasteiger partial charge >= 0.3 is 0 Å². The molecule has 0 amide bonds. The Hall–Kier alpha value is -0.440. The summed E-state index contributed by atoms with van der Waals surface area (Å²) in [5, 5.41) is 4.59. The van der Waals surface area contributed by atoms with Crippen LogP contribution in [0.5, 0.6) is 5.75 Å². The zero-order valence-corrected chi connectivity index (χ0v) is 10.2. The maximum Gasteiger partial charge on any atom is 0.144 e. The summed E-state index contributed by atoms with van der Waals surface area (Å²) in [5.74, 6) is 1.11. The highest BCUT2D eigenvalue weighted by atomic mass is 35.5. The predicted octanol–water partition coefficient (Wildman–Crippen LogP) is 3.28. The van der Waals surface area contributed by atoms with Gasteiger partial charge in [-0.15, -0.1) is 0 Å². The number of hydrogen-bond donors (Lipinski definition) is 1. The molecule has 0 spiro atoms. The molecule has 82 valence electrons. The van der Waals surface area contributed by atoms with Crippen molar-refractivity contribution >= 4 is 23.2 Å². The molecule has 4 heteroatoms. The Balaban J connectivity index is 2.56. The van der Waals surface area contributed by atoms with E-state index in [9.17, 15) is 0 Å². The van der Waals surface area contributed by atoms with E-state index in [-0.39, 0.29) is 6.04 Å². The first-order chi connectivity index (χ1) is 7.15. The van der Waals surface area contributed by atoms with Gasteiger partial charge in [-0.25, -0.2) is 0 Å². The van der Waals surface area contributed by atoms with E-state index in [0.29, 0.717) is 22.6 Å². The zero-order valence-electron chi connectivity index (χ0n) is 8.68. The van der Waals surface area contributed by atoms with Crippen LogP contribution in [0.15, 0.2) is 12.1 Å². The summed E-state index contributed by atoms with van der Waals surface area (Å²) >= 11 is 12.2. The minimum absolute atomic E-state index is 0.208. The lowest BCUT2D eigenvalue weighted by Crippen LogP contribution is -2.32. The van der Waals surface area contributed by atoms with Crippen molar-refractivity contribution < 1.29 is 4.74 Å². The van der Waals surface area contributed by atoms with Crippen molar-refractivity contribution in [3.05, 3.63) is 27.7 Å². The van der Waals surface area contributed by atoms with E-state index in [1.54, 1.807) is 6.07 Å². The summed E-state index contributed by atoms with van der Waals surface area (Å²) in [6, 6.07) is 3.79. The molecule has 0 bridgehead atoms. The lowest BCUT2D eigenvalue weighted by molar-refractivity contribution is 0.193. The van der Waals surface area contributed by atoms with Crippen LogP contribution >= 0.6 is 23.2 Å². The third-order valence-corrected chi connectivity index (χ3v) is 3.40. The fourth-order valence-electron chi connectivity index (χ4n) is 2.01. The van der Waals surface area contributed by atoms with Gasteiger partial charge in [-0.3, -0.25) is 0 Å². The van der Waals surface area contributed by atoms with Crippen LogP contribution in [0.25, 0.3) is 0 Å². The van der Waals surface area contributed by atoms with E-state index in [0.717, 1.165) is 11.3 Å². The third-order valence-electron chi connectivity index (χ3n) is 2.78. The van der Waals surface area contributed by atoms with Gasteiger partial charge in [0, 0.05) is 22.5 Å². The van der Waals surface area contributed by atoms with Crippen molar-refractivity contribution in [1.82, 2.24) is 5.32 Å². The molecule has 1 aliphatic heterocycles. The average molecular weight is 246 g/mol. The largest absolute Gasteiger partial charge is 0.491 e. The predicted molar refractivity (Wildman–Crippen MR) is 62.9 cm³/mol. The van der Waals surface area contributed by atoms with Crippen molar-refractivity contribution in [2.75, 3.05) is 13.7 Å². The van der Waals surface area contributed by atoms with Crippen molar-refractivity contribution in [1.29, 1.82) is 0 Å². The third kappa shape index (κ3) is 1.82. The summed E-state index contributed by atoms with van der Waals surface area (Å²) in [5.41, 5.74) is 0.977. The molecule has 2 rings (SSSR count). The first-order valence-electron chi connectivity index (χ1n) is 4.93. The fourth-order valence-corrected chi connectivity index (χ4v) is 2.50. The van der Waals surface area contributed by atoms with Crippen molar-refractivity contribution in [2.24, 2.45) is 5.92 Å². The van der Waals surface area contributed by atoms with Crippen LogP contribution < -0.4 is 10.1 Å². The second-order valence-electron chi connectivity index (χ2n) is 3.83. The number of benzene rings is 1. The molecule has 1 aliphatic rings. The average Bonchev–Trinajstić information content (AvgIpc) is 2.23.